The van der Waals surface area contributed by atoms with Crippen LogP contribution in [0.5, 0.6) is 23.0 Å². The van der Waals surface area contributed by atoms with Gasteiger partial charge in [-0.05, 0) is 42.3 Å². The van der Waals surface area contributed by atoms with E-state index in [1.807, 2.05) is 0 Å². The van der Waals surface area contributed by atoms with Gasteiger partial charge < -0.3 is 19.7 Å². The van der Waals surface area contributed by atoms with E-state index in [0.717, 1.165) is 12.8 Å². The minimum atomic E-state index is -0.229. The Kier molecular flexibility index (Phi) is 4.93. The molecule has 130 valence electrons. The van der Waals surface area contributed by atoms with Crippen LogP contribution in [0.2, 0.25) is 0 Å². The second kappa shape index (κ2) is 7.30. The first-order valence-corrected chi connectivity index (χ1v) is 8.25. The lowest BCUT2D eigenvalue weighted by atomic mass is 9.98. The molecule has 2 aromatic carbocycles. The number of ketones is 1. The Bertz CT molecular complexity index is 823. The Morgan fingerprint density at radius 3 is 2.76 bits per heavy atom. The zero-order valence-corrected chi connectivity index (χ0v) is 14.0. The van der Waals surface area contributed by atoms with E-state index in [1.54, 1.807) is 30.3 Å². The highest BCUT2D eigenvalue weighted by molar-refractivity contribution is 6.14. The molecule has 2 aromatic rings. The number of phenolic OH excluding ortho intramolecular Hbond substituents is 2. The van der Waals surface area contributed by atoms with Gasteiger partial charge in [0.05, 0.1) is 12.2 Å². The first-order valence-electron chi connectivity index (χ1n) is 8.25. The molecule has 0 radical (unpaired) electrons. The van der Waals surface area contributed by atoms with Crippen LogP contribution in [0, 0.1) is 0 Å². The Morgan fingerprint density at radius 1 is 1.16 bits per heavy atom. The van der Waals surface area contributed by atoms with E-state index < -0.39 is 0 Å². The molecule has 1 aliphatic rings. The van der Waals surface area contributed by atoms with E-state index in [1.165, 1.54) is 12.1 Å². The summed E-state index contributed by atoms with van der Waals surface area (Å²) in [7, 11) is 0. The van der Waals surface area contributed by atoms with E-state index >= 15 is 0 Å². The van der Waals surface area contributed by atoms with Gasteiger partial charge in [-0.1, -0.05) is 19.4 Å². The highest BCUT2D eigenvalue weighted by atomic mass is 16.5. The van der Waals surface area contributed by atoms with Gasteiger partial charge in [-0.15, -0.1) is 0 Å². The molecule has 0 amide bonds. The number of aromatic hydroxyl groups is 2. The molecular formula is C20H20O5. The number of carbonyl (C=O) groups excluding carboxylic acids is 1. The summed E-state index contributed by atoms with van der Waals surface area (Å²) in [5.74, 6) is 0.664. The van der Waals surface area contributed by atoms with Gasteiger partial charge in [-0.25, -0.2) is 0 Å². The number of hydrogen-bond donors (Lipinski definition) is 2. The molecule has 0 bridgehead atoms. The highest BCUT2D eigenvalue weighted by Gasteiger charge is 2.24. The van der Waals surface area contributed by atoms with Gasteiger partial charge in [-0.2, -0.15) is 0 Å². The lowest BCUT2D eigenvalue weighted by Crippen LogP contribution is -2.19. The lowest BCUT2D eigenvalue weighted by Gasteiger charge is -2.19. The van der Waals surface area contributed by atoms with Crippen LogP contribution in [-0.2, 0) is 0 Å². The van der Waals surface area contributed by atoms with Crippen molar-refractivity contribution in [3.8, 4) is 23.0 Å². The summed E-state index contributed by atoms with van der Waals surface area (Å²) >= 11 is 0. The van der Waals surface area contributed by atoms with Crippen molar-refractivity contribution in [2.45, 2.75) is 19.8 Å². The minimum Gasteiger partial charge on any atom is -0.504 e. The fourth-order valence-electron chi connectivity index (χ4n) is 2.57. The van der Waals surface area contributed by atoms with Crippen LogP contribution in [-0.4, -0.2) is 29.2 Å². The normalized spacial score (nSPS) is 14.9. The van der Waals surface area contributed by atoms with Crippen LogP contribution in [0.15, 0.2) is 42.0 Å². The van der Waals surface area contributed by atoms with Crippen molar-refractivity contribution in [1.82, 2.24) is 0 Å². The van der Waals surface area contributed by atoms with Gasteiger partial charge in [0.15, 0.2) is 17.3 Å². The van der Waals surface area contributed by atoms with Gasteiger partial charge in [-0.3, -0.25) is 4.79 Å². The molecule has 5 heteroatoms. The maximum Gasteiger partial charge on any atom is 0.196 e. The van der Waals surface area contributed by atoms with E-state index in [2.05, 4.69) is 6.92 Å². The fraction of sp³-hybridized carbons (Fsp3) is 0.250. The number of rotatable bonds is 5. The molecule has 3 rings (SSSR count). The third kappa shape index (κ3) is 3.76. The number of carbonyl (C=O) groups is 1. The van der Waals surface area contributed by atoms with E-state index in [-0.39, 0.29) is 23.9 Å². The average Bonchev–Trinajstić information content (AvgIpc) is 2.61. The number of phenols is 2. The number of fused-ring (bicyclic) bond motifs is 1. The first kappa shape index (κ1) is 16.9. The molecular weight excluding hydrogens is 320 g/mol. The second-order valence-corrected chi connectivity index (χ2v) is 5.90. The standard InChI is InChI=1S/C20H20O5/c1-2-3-8-24-15-5-6-16-19(11-15)25-12-14(20(16)23)9-13-4-7-17(21)18(22)10-13/h4-7,9-11,21-22H,2-3,8,12H2,1H3/b14-9+. The number of unbranched alkanes of at least 4 members (excludes halogenated alkanes) is 1. The van der Waals surface area contributed by atoms with Crippen molar-refractivity contribution < 1.29 is 24.5 Å². The van der Waals surface area contributed by atoms with Crippen molar-refractivity contribution >= 4 is 11.9 Å². The molecule has 2 N–H and O–H groups in total. The summed E-state index contributed by atoms with van der Waals surface area (Å²) in [4.78, 5) is 12.6. The van der Waals surface area contributed by atoms with Crippen LogP contribution in [0.4, 0.5) is 0 Å². The van der Waals surface area contributed by atoms with Crippen molar-refractivity contribution in [2.24, 2.45) is 0 Å². The smallest absolute Gasteiger partial charge is 0.196 e. The zero-order chi connectivity index (χ0) is 17.8. The molecule has 0 saturated heterocycles. The third-order valence-electron chi connectivity index (χ3n) is 3.98. The largest absolute Gasteiger partial charge is 0.504 e. The van der Waals surface area contributed by atoms with Gasteiger partial charge in [0.1, 0.15) is 18.1 Å². The molecule has 25 heavy (non-hydrogen) atoms. The van der Waals surface area contributed by atoms with Gasteiger partial charge in [0.2, 0.25) is 0 Å². The second-order valence-electron chi connectivity index (χ2n) is 5.90. The summed E-state index contributed by atoms with van der Waals surface area (Å²) < 4.78 is 11.3. The number of hydrogen-bond acceptors (Lipinski definition) is 5. The Morgan fingerprint density at radius 2 is 2.00 bits per heavy atom. The van der Waals surface area contributed by atoms with Crippen molar-refractivity contribution in [3.05, 3.63) is 53.1 Å². The summed E-state index contributed by atoms with van der Waals surface area (Å²) in [6, 6.07) is 9.62. The average molecular weight is 340 g/mol. The molecule has 0 spiro atoms. The molecule has 0 aromatic heterocycles. The van der Waals surface area contributed by atoms with E-state index in [0.29, 0.717) is 34.8 Å². The maximum absolute atomic E-state index is 12.6. The minimum absolute atomic E-state index is 0.117. The predicted molar refractivity (Wildman–Crippen MR) is 94.4 cm³/mol. The maximum atomic E-state index is 12.6. The summed E-state index contributed by atoms with van der Waals surface area (Å²) in [5, 5.41) is 18.9. The molecule has 0 fully saturated rings. The number of benzene rings is 2. The van der Waals surface area contributed by atoms with E-state index in [4.69, 9.17) is 9.47 Å². The van der Waals surface area contributed by atoms with Crippen LogP contribution in [0.1, 0.15) is 35.7 Å². The molecule has 5 nitrogen and oxygen atoms in total. The van der Waals surface area contributed by atoms with Gasteiger partial charge in [0, 0.05) is 11.6 Å². The fourth-order valence-corrected chi connectivity index (χ4v) is 2.57. The summed E-state index contributed by atoms with van der Waals surface area (Å²) in [5.41, 5.74) is 1.59. The van der Waals surface area contributed by atoms with Crippen LogP contribution in [0.25, 0.3) is 6.08 Å². The number of Topliss-reactive ketones (excluding diaryl/α,β-unsaturated/α-hetero) is 1. The van der Waals surface area contributed by atoms with Crippen molar-refractivity contribution in [1.29, 1.82) is 0 Å². The third-order valence-corrected chi connectivity index (χ3v) is 3.98. The summed E-state index contributed by atoms with van der Waals surface area (Å²) in [6.07, 6.45) is 3.68. The van der Waals surface area contributed by atoms with Crippen LogP contribution < -0.4 is 9.47 Å². The van der Waals surface area contributed by atoms with Crippen LogP contribution in [0.3, 0.4) is 0 Å². The van der Waals surface area contributed by atoms with Crippen molar-refractivity contribution in [2.75, 3.05) is 13.2 Å². The topological polar surface area (TPSA) is 76.0 Å². The summed E-state index contributed by atoms with van der Waals surface area (Å²) in [6.45, 7) is 2.88. The molecule has 0 aliphatic carbocycles. The van der Waals surface area contributed by atoms with Crippen molar-refractivity contribution in [3.63, 3.8) is 0 Å². The molecule has 1 heterocycles. The zero-order valence-electron chi connectivity index (χ0n) is 14.0. The quantitative estimate of drug-likeness (QED) is 0.490. The Labute approximate surface area is 146 Å². The number of ether oxygens (including phenoxy) is 2. The Hall–Kier alpha value is -2.95. The lowest BCUT2D eigenvalue weighted by molar-refractivity contribution is 0.100. The first-order chi connectivity index (χ1) is 12.1. The highest BCUT2D eigenvalue weighted by Crippen LogP contribution is 2.32. The molecule has 1 aliphatic heterocycles. The molecule has 0 unspecified atom stereocenters. The Balaban J connectivity index is 1.81. The molecule has 0 atom stereocenters. The van der Waals surface area contributed by atoms with Crippen LogP contribution >= 0.6 is 0 Å². The predicted octanol–water partition coefficient (Wildman–Crippen LogP) is 3.94. The van der Waals surface area contributed by atoms with Gasteiger partial charge >= 0.3 is 0 Å². The van der Waals surface area contributed by atoms with Gasteiger partial charge in [0.25, 0.3) is 0 Å². The van der Waals surface area contributed by atoms with E-state index in [9.17, 15) is 15.0 Å². The monoisotopic (exact) mass is 340 g/mol. The SMILES string of the molecule is CCCCOc1ccc2c(c1)OC/C(=C\c1ccc(O)c(O)c1)C2=O. The molecule has 0 saturated carbocycles.